The molecule has 1 aromatic carbocycles. The largest absolute Gasteiger partial charge is 0.454 e. The second kappa shape index (κ2) is 12.5. The lowest BCUT2D eigenvalue weighted by Crippen LogP contribution is -2.30. The van der Waals surface area contributed by atoms with Crippen LogP contribution in [0.25, 0.3) is 6.08 Å². The van der Waals surface area contributed by atoms with E-state index in [4.69, 9.17) is 26.4 Å². The van der Waals surface area contributed by atoms with Crippen molar-refractivity contribution in [2.45, 2.75) is 46.2 Å². The van der Waals surface area contributed by atoms with Crippen LogP contribution in [0.1, 0.15) is 48.4 Å². The van der Waals surface area contributed by atoms with Gasteiger partial charge in [-0.1, -0.05) is 43.4 Å². The molecular weight excluding hydrogens is 524 g/mol. The smallest absolute Gasteiger partial charge is 0.270 e. The standard InChI is InChI=1S/C27H30N4O5S2/c1-4-5-9-30-24(29-15-18-7-8-21-22(12-18)36-16-35-21)19(17(2)20(14-28)25(30)32)13-23-26(33)31(27(37)38-23)10-6-11-34-3/h7-8,12-13,29H,4-6,9-11,15-16H2,1-3H3/b23-13+. The van der Waals surface area contributed by atoms with Crippen LogP contribution >= 0.6 is 24.0 Å². The second-order valence-corrected chi connectivity index (χ2v) is 10.6. The highest BCUT2D eigenvalue weighted by Crippen LogP contribution is 2.36. The molecule has 1 aromatic heterocycles. The number of rotatable bonds is 11. The molecule has 2 aliphatic heterocycles. The van der Waals surface area contributed by atoms with Gasteiger partial charge < -0.3 is 19.5 Å². The predicted octanol–water partition coefficient (Wildman–Crippen LogP) is 4.41. The number of pyridine rings is 1. The first-order valence-corrected chi connectivity index (χ1v) is 13.7. The Balaban J connectivity index is 1.75. The van der Waals surface area contributed by atoms with Crippen molar-refractivity contribution < 1.29 is 19.0 Å². The Kier molecular flexibility index (Phi) is 9.09. The molecule has 2 aromatic rings. The molecule has 1 N–H and O–H groups in total. The highest BCUT2D eigenvalue weighted by molar-refractivity contribution is 8.26. The molecule has 0 aliphatic carbocycles. The normalized spacial score (nSPS) is 15.4. The van der Waals surface area contributed by atoms with Crippen LogP contribution in [0.3, 0.4) is 0 Å². The lowest BCUT2D eigenvalue weighted by atomic mass is 10.0. The molecule has 9 nitrogen and oxygen atoms in total. The van der Waals surface area contributed by atoms with Crippen molar-refractivity contribution in [1.82, 2.24) is 9.47 Å². The van der Waals surface area contributed by atoms with E-state index < -0.39 is 0 Å². The number of aromatic nitrogens is 1. The summed E-state index contributed by atoms with van der Waals surface area (Å²) in [6.07, 6.45) is 4.04. The first-order valence-electron chi connectivity index (χ1n) is 12.4. The number of nitriles is 1. The number of benzene rings is 1. The van der Waals surface area contributed by atoms with Gasteiger partial charge in [0.15, 0.2) is 11.5 Å². The first kappa shape index (κ1) is 27.7. The van der Waals surface area contributed by atoms with E-state index in [9.17, 15) is 14.9 Å². The minimum absolute atomic E-state index is 0.0663. The summed E-state index contributed by atoms with van der Waals surface area (Å²) in [7, 11) is 1.62. The molecule has 0 spiro atoms. The highest BCUT2D eigenvalue weighted by Gasteiger charge is 2.32. The van der Waals surface area contributed by atoms with Crippen molar-refractivity contribution in [2.24, 2.45) is 0 Å². The number of nitrogens with zero attached hydrogens (tertiary/aromatic N) is 3. The Hall–Kier alpha value is -3.33. The number of unbranched alkanes of at least 4 members (excludes halogenated alkanes) is 1. The molecule has 3 heterocycles. The maximum absolute atomic E-state index is 13.3. The van der Waals surface area contributed by atoms with Gasteiger partial charge in [0.25, 0.3) is 11.5 Å². The maximum Gasteiger partial charge on any atom is 0.270 e. The number of thioether (sulfide) groups is 1. The number of carbonyl (C=O) groups is 1. The molecule has 2 aliphatic rings. The van der Waals surface area contributed by atoms with Crippen molar-refractivity contribution in [3.05, 3.63) is 55.7 Å². The molecule has 1 saturated heterocycles. The lowest BCUT2D eigenvalue weighted by Gasteiger charge is -2.20. The minimum Gasteiger partial charge on any atom is -0.454 e. The van der Waals surface area contributed by atoms with Crippen molar-refractivity contribution in [3.8, 4) is 17.6 Å². The van der Waals surface area contributed by atoms with Gasteiger partial charge in [-0.15, -0.1) is 0 Å². The van der Waals surface area contributed by atoms with Gasteiger partial charge in [-0.05, 0) is 49.1 Å². The predicted molar refractivity (Wildman–Crippen MR) is 151 cm³/mol. The fraction of sp³-hybridized carbons (Fsp3) is 0.407. The third-order valence-electron chi connectivity index (χ3n) is 6.39. The topological polar surface area (TPSA) is 106 Å². The molecule has 38 heavy (non-hydrogen) atoms. The van der Waals surface area contributed by atoms with Gasteiger partial charge in [-0.25, -0.2) is 0 Å². The quantitative estimate of drug-likeness (QED) is 0.246. The Morgan fingerprint density at radius 1 is 1.24 bits per heavy atom. The molecular formula is C27H30N4O5S2. The number of anilines is 1. The van der Waals surface area contributed by atoms with E-state index >= 15 is 0 Å². The number of amides is 1. The fourth-order valence-corrected chi connectivity index (χ4v) is 5.60. The molecule has 0 atom stereocenters. The maximum atomic E-state index is 13.3. The number of hydrogen-bond acceptors (Lipinski definition) is 9. The Morgan fingerprint density at radius 3 is 2.76 bits per heavy atom. The summed E-state index contributed by atoms with van der Waals surface area (Å²) < 4.78 is 18.1. The van der Waals surface area contributed by atoms with E-state index in [1.807, 2.05) is 25.1 Å². The molecule has 0 unspecified atom stereocenters. The van der Waals surface area contributed by atoms with E-state index in [2.05, 4.69) is 11.4 Å². The second-order valence-electron chi connectivity index (χ2n) is 8.91. The van der Waals surface area contributed by atoms with E-state index in [0.717, 1.165) is 18.4 Å². The molecule has 1 fully saturated rings. The number of thiocarbonyl (C=S) groups is 1. The first-order chi connectivity index (χ1) is 18.4. The van der Waals surface area contributed by atoms with Crippen molar-refractivity contribution in [2.75, 3.05) is 32.4 Å². The van der Waals surface area contributed by atoms with Gasteiger partial charge in [0.2, 0.25) is 6.79 Å². The molecule has 0 saturated carbocycles. The molecule has 11 heteroatoms. The Morgan fingerprint density at radius 2 is 2.03 bits per heavy atom. The van der Waals surface area contributed by atoms with Gasteiger partial charge >= 0.3 is 0 Å². The fourth-order valence-electron chi connectivity index (χ4n) is 4.31. The number of carbonyl (C=O) groups excluding carboxylic acids is 1. The van der Waals surface area contributed by atoms with Gasteiger partial charge in [-0.3, -0.25) is 19.1 Å². The van der Waals surface area contributed by atoms with E-state index in [0.29, 0.717) is 70.3 Å². The number of ether oxygens (including phenoxy) is 3. The zero-order chi connectivity index (χ0) is 27.2. The van der Waals surface area contributed by atoms with Crippen molar-refractivity contribution in [3.63, 3.8) is 0 Å². The highest BCUT2D eigenvalue weighted by atomic mass is 32.2. The molecule has 200 valence electrons. The molecule has 0 radical (unpaired) electrons. The van der Waals surface area contributed by atoms with Crippen LogP contribution in [0.5, 0.6) is 11.5 Å². The zero-order valence-electron chi connectivity index (χ0n) is 21.7. The van der Waals surface area contributed by atoms with Gasteiger partial charge in [0, 0.05) is 38.9 Å². The van der Waals surface area contributed by atoms with Crippen molar-refractivity contribution in [1.29, 1.82) is 5.26 Å². The van der Waals surface area contributed by atoms with Crippen LogP contribution in [0, 0.1) is 18.3 Å². The number of methoxy groups -OCH3 is 1. The summed E-state index contributed by atoms with van der Waals surface area (Å²) in [5.41, 5.74) is 1.78. The summed E-state index contributed by atoms with van der Waals surface area (Å²) in [5, 5.41) is 13.2. The summed E-state index contributed by atoms with van der Waals surface area (Å²) in [5.74, 6) is 1.72. The summed E-state index contributed by atoms with van der Waals surface area (Å²) in [4.78, 5) is 28.6. The minimum atomic E-state index is -0.351. The summed E-state index contributed by atoms with van der Waals surface area (Å²) in [6, 6.07) is 7.75. The van der Waals surface area contributed by atoms with E-state index in [-0.39, 0.29) is 23.8 Å². The van der Waals surface area contributed by atoms with Crippen LogP contribution in [-0.2, 0) is 22.6 Å². The number of fused-ring (bicyclic) bond motifs is 1. The van der Waals surface area contributed by atoms with Crippen LogP contribution in [-0.4, -0.2) is 46.7 Å². The van der Waals surface area contributed by atoms with Gasteiger partial charge in [-0.2, -0.15) is 5.26 Å². The van der Waals surface area contributed by atoms with Crippen molar-refractivity contribution >= 4 is 46.1 Å². The van der Waals surface area contributed by atoms with Gasteiger partial charge in [0.05, 0.1) is 4.91 Å². The monoisotopic (exact) mass is 554 g/mol. The third-order valence-corrected chi connectivity index (χ3v) is 7.76. The Bertz CT molecular complexity index is 1380. The number of nitrogens with one attached hydrogen (secondary N) is 1. The molecule has 4 rings (SSSR count). The average Bonchev–Trinajstić information content (AvgIpc) is 3.48. The summed E-state index contributed by atoms with van der Waals surface area (Å²) >= 11 is 6.70. The zero-order valence-corrected chi connectivity index (χ0v) is 23.3. The van der Waals surface area contributed by atoms with E-state index in [1.165, 1.54) is 11.8 Å². The third kappa shape index (κ3) is 5.72. The molecule has 0 bridgehead atoms. The van der Waals surface area contributed by atoms with Crippen LogP contribution < -0.4 is 20.3 Å². The van der Waals surface area contributed by atoms with E-state index in [1.54, 1.807) is 29.6 Å². The SMILES string of the molecule is CCCCn1c(NCc2ccc3c(c2)OCO3)c(/C=C2/SC(=S)N(CCCOC)C2=O)c(C)c(C#N)c1=O. The van der Waals surface area contributed by atoms with Crippen LogP contribution in [0.2, 0.25) is 0 Å². The molecule has 1 amide bonds. The van der Waals surface area contributed by atoms with Crippen LogP contribution in [0.4, 0.5) is 5.82 Å². The summed E-state index contributed by atoms with van der Waals surface area (Å²) in [6.45, 7) is 5.78. The van der Waals surface area contributed by atoms with Gasteiger partial charge in [0.1, 0.15) is 21.8 Å². The average molecular weight is 555 g/mol. The van der Waals surface area contributed by atoms with Crippen LogP contribution in [0.15, 0.2) is 27.9 Å². The lowest BCUT2D eigenvalue weighted by molar-refractivity contribution is -0.122. The number of hydrogen-bond donors (Lipinski definition) is 1. The Labute approximate surface area is 231 Å².